The van der Waals surface area contributed by atoms with Crippen molar-refractivity contribution in [1.29, 1.82) is 0 Å². The van der Waals surface area contributed by atoms with Crippen LogP contribution in [0.4, 0.5) is 5.69 Å². The van der Waals surface area contributed by atoms with Gasteiger partial charge in [-0.2, -0.15) is 0 Å². The molecule has 4 heteroatoms. The zero-order valence-corrected chi connectivity index (χ0v) is 13.2. The molecule has 1 amide bonds. The van der Waals surface area contributed by atoms with Crippen LogP contribution in [0.15, 0.2) is 72.8 Å². The number of nitrogens with one attached hydrogen (secondary N) is 1. The number of benzene rings is 4. The number of phenolic OH excluding ortho intramolecular Hbond substituents is 2. The van der Waals surface area contributed by atoms with Crippen molar-refractivity contribution in [2.24, 2.45) is 0 Å². The third-order valence-corrected chi connectivity index (χ3v) is 4.26. The van der Waals surface area contributed by atoms with Gasteiger partial charge >= 0.3 is 0 Å². The fourth-order valence-electron chi connectivity index (χ4n) is 3.00. The highest BCUT2D eigenvalue weighted by Crippen LogP contribution is 2.31. The maximum atomic E-state index is 12.7. The van der Waals surface area contributed by atoms with Crippen LogP contribution in [0.1, 0.15) is 10.4 Å². The number of hydrogen-bond acceptors (Lipinski definition) is 3. The zero-order valence-electron chi connectivity index (χ0n) is 13.2. The van der Waals surface area contributed by atoms with E-state index in [1.165, 1.54) is 0 Å². The summed E-state index contributed by atoms with van der Waals surface area (Å²) in [6.45, 7) is 0. The minimum atomic E-state index is -0.404. The Bertz CT molecular complexity index is 1120. The van der Waals surface area contributed by atoms with E-state index < -0.39 is 5.91 Å². The number of carbonyl (C=O) groups excluding carboxylic acids is 1. The smallest absolute Gasteiger partial charge is 0.259 e. The number of carbonyl (C=O) groups is 1. The number of phenols is 2. The molecule has 4 rings (SSSR count). The second kappa shape index (κ2) is 5.83. The summed E-state index contributed by atoms with van der Waals surface area (Å²) in [5.74, 6) is -0.319. The summed E-state index contributed by atoms with van der Waals surface area (Å²) in [7, 11) is 0. The summed E-state index contributed by atoms with van der Waals surface area (Å²) in [4.78, 5) is 12.7. The monoisotopic (exact) mass is 329 g/mol. The van der Waals surface area contributed by atoms with Gasteiger partial charge < -0.3 is 15.5 Å². The van der Waals surface area contributed by atoms with Crippen LogP contribution in [0.5, 0.6) is 11.5 Å². The van der Waals surface area contributed by atoms with Gasteiger partial charge in [0.1, 0.15) is 11.5 Å². The van der Waals surface area contributed by atoms with E-state index in [-0.39, 0.29) is 17.1 Å². The molecule has 0 saturated heterocycles. The van der Waals surface area contributed by atoms with Crippen LogP contribution in [-0.4, -0.2) is 16.1 Å². The van der Waals surface area contributed by atoms with Crippen LogP contribution in [-0.2, 0) is 0 Å². The maximum absolute atomic E-state index is 12.7. The first-order valence-corrected chi connectivity index (χ1v) is 7.87. The van der Waals surface area contributed by atoms with E-state index in [0.29, 0.717) is 11.1 Å². The van der Waals surface area contributed by atoms with Gasteiger partial charge in [-0.25, -0.2) is 0 Å². The molecular weight excluding hydrogens is 314 g/mol. The Morgan fingerprint density at radius 3 is 2.36 bits per heavy atom. The molecule has 0 aliphatic carbocycles. The Balaban J connectivity index is 1.76. The van der Waals surface area contributed by atoms with Crippen LogP contribution in [0.2, 0.25) is 0 Å². The predicted octanol–water partition coefficient (Wildman–Crippen LogP) is 4.66. The lowest BCUT2D eigenvalue weighted by molar-refractivity contribution is 0.102. The molecule has 4 aromatic rings. The lowest BCUT2D eigenvalue weighted by atomic mass is 10.0. The van der Waals surface area contributed by atoms with Crippen molar-refractivity contribution < 1.29 is 15.0 Å². The van der Waals surface area contributed by atoms with Crippen molar-refractivity contribution in [2.75, 3.05) is 5.32 Å². The first-order chi connectivity index (χ1) is 12.1. The normalized spacial score (nSPS) is 10.9. The Labute approximate surface area is 144 Å². The van der Waals surface area contributed by atoms with Crippen molar-refractivity contribution in [1.82, 2.24) is 0 Å². The quantitative estimate of drug-likeness (QED) is 0.501. The molecule has 0 spiro atoms. The SMILES string of the molecule is O=C(Nc1cccc2ccc(O)cc12)c1ccc2ccccc2c1O. The van der Waals surface area contributed by atoms with Crippen LogP contribution < -0.4 is 5.32 Å². The van der Waals surface area contributed by atoms with Gasteiger partial charge in [-0.05, 0) is 35.0 Å². The van der Waals surface area contributed by atoms with Crippen molar-refractivity contribution in [3.05, 3.63) is 78.4 Å². The molecule has 0 aromatic heterocycles. The Kier molecular flexibility index (Phi) is 3.51. The van der Waals surface area contributed by atoms with Gasteiger partial charge in [0.15, 0.2) is 0 Å². The number of hydrogen-bond donors (Lipinski definition) is 3. The van der Waals surface area contributed by atoms with Gasteiger partial charge in [0.05, 0.1) is 5.56 Å². The van der Waals surface area contributed by atoms with Crippen LogP contribution in [0.25, 0.3) is 21.5 Å². The minimum Gasteiger partial charge on any atom is -0.508 e. The molecule has 122 valence electrons. The van der Waals surface area contributed by atoms with E-state index in [4.69, 9.17) is 0 Å². The molecule has 25 heavy (non-hydrogen) atoms. The molecule has 0 atom stereocenters. The zero-order chi connectivity index (χ0) is 17.4. The molecule has 0 fully saturated rings. The molecular formula is C21H15NO3. The summed E-state index contributed by atoms with van der Waals surface area (Å²) in [6, 6.07) is 21.2. The molecule has 0 saturated carbocycles. The van der Waals surface area contributed by atoms with E-state index >= 15 is 0 Å². The van der Waals surface area contributed by atoms with Crippen molar-refractivity contribution >= 4 is 33.1 Å². The third-order valence-electron chi connectivity index (χ3n) is 4.26. The molecule has 0 bridgehead atoms. The van der Waals surface area contributed by atoms with Gasteiger partial charge in [-0.3, -0.25) is 4.79 Å². The summed E-state index contributed by atoms with van der Waals surface area (Å²) < 4.78 is 0. The van der Waals surface area contributed by atoms with Crippen molar-refractivity contribution in [3.63, 3.8) is 0 Å². The molecule has 0 aliphatic rings. The lowest BCUT2D eigenvalue weighted by Crippen LogP contribution is -2.12. The van der Waals surface area contributed by atoms with E-state index in [1.54, 1.807) is 42.5 Å². The maximum Gasteiger partial charge on any atom is 0.259 e. The molecule has 3 N–H and O–H groups in total. The van der Waals surface area contributed by atoms with Gasteiger partial charge in [0.25, 0.3) is 5.91 Å². The fraction of sp³-hybridized carbons (Fsp3) is 0. The largest absolute Gasteiger partial charge is 0.508 e. The summed E-state index contributed by atoms with van der Waals surface area (Å²) in [5.41, 5.74) is 0.779. The highest BCUT2D eigenvalue weighted by atomic mass is 16.3. The van der Waals surface area contributed by atoms with E-state index in [9.17, 15) is 15.0 Å². The van der Waals surface area contributed by atoms with E-state index in [0.717, 1.165) is 16.2 Å². The topological polar surface area (TPSA) is 69.6 Å². The summed E-state index contributed by atoms with van der Waals surface area (Å²) >= 11 is 0. The molecule has 0 heterocycles. The van der Waals surface area contributed by atoms with Crippen LogP contribution in [0.3, 0.4) is 0 Å². The minimum absolute atomic E-state index is 0.0429. The van der Waals surface area contributed by atoms with Crippen molar-refractivity contribution in [2.45, 2.75) is 0 Å². The van der Waals surface area contributed by atoms with E-state index in [2.05, 4.69) is 5.32 Å². The van der Waals surface area contributed by atoms with E-state index in [1.807, 2.05) is 30.3 Å². The number of anilines is 1. The Morgan fingerprint density at radius 1 is 0.760 bits per heavy atom. The predicted molar refractivity (Wildman–Crippen MR) is 99.2 cm³/mol. The Morgan fingerprint density at radius 2 is 1.48 bits per heavy atom. The summed E-state index contributed by atoms with van der Waals surface area (Å²) in [5, 5.41) is 26.1. The highest BCUT2D eigenvalue weighted by molar-refractivity contribution is 6.12. The van der Waals surface area contributed by atoms with Gasteiger partial charge in [0, 0.05) is 16.5 Å². The average molecular weight is 329 g/mol. The molecule has 0 aliphatic heterocycles. The number of aromatic hydroxyl groups is 2. The van der Waals surface area contributed by atoms with Gasteiger partial charge in [-0.15, -0.1) is 0 Å². The van der Waals surface area contributed by atoms with Crippen LogP contribution in [0, 0.1) is 0 Å². The Hall–Kier alpha value is -3.53. The first-order valence-electron chi connectivity index (χ1n) is 7.87. The second-order valence-corrected chi connectivity index (χ2v) is 5.85. The molecule has 4 nitrogen and oxygen atoms in total. The number of rotatable bonds is 2. The number of amides is 1. The van der Waals surface area contributed by atoms with Gasteiger partial charge in [-0.1, -0.05) is 48.5 Å². The molecule has 4 aromatic carbocycles. The fourth-order valence-corrected chi connectivity index (χ4v) is 3.00. The van der Waals surface area contributed by atoms with Crippen LogP contribution >= 0.6 is 0 Å². The highest BCUT2D eigenvalue weighted by Gasteiger charge is 2.15. The lowest BCUT2D eigenvalue weighted by Gasteiger charge is -2.11. The van der Waals surface area contributed by atoms with Crippen molar-refractivity contribution in [3.8, 4) is 11.5 Å². The molecule has 0 radical (unpaired) electrons. The van der Waals surface area contributed by atoms with Gasteiger partial charge in [0.2, 0.25) is 0 Å². The number of fused-ring (bicyclic) bond motifs is 2. The average Bonchev–Trinajstić information content (AvgIpc) is 2.62. The third kappa shape index (κ3) is 2.64. The summed E-state index contributed by atoms with van der Waals surface area (Å²) in [6.07, 6.45) is 0. The molecule has 0 unspecified atom stereocenters. The first kappa shape index (κ1) is 15.0. The standard InChI is InChI=1S/C21H15NO3/c23-15-10-8-14-5-3-7-19(18(14)12-15)22-21(25)17-11-9-13-4-1-2-6-16(13)20(17)24/h1-12,23-24H,(H,22,25). The second-order valence-electron chi connectivity index (χ2n) is 5.85.